The van der Waals surface area contributed by atoms with Gasteiger partial charge in [0.15, 0.2) is 0 Å². The standard InChI is InChI=1S/C20H21ClN4O2S/c1-10-13(4)28-20(18(10)19(22)27)23-17(26)9-16-11(2)24-25(12(16)3)15-7-5-14(21)6-8-15/h5-8H,9H2,1-4H3,(H2,22,27)(H,23,26). The minimum atomic E-state index is -0.542. The fourth-order valence-electron chi connectivity index (χ4n) is 3.11. The number of nitrogens with one attached hydrogen (secondary N) is 1. The molecule has 0 atom stereocenters. The summed E-state index contributed by atoms with van der Waals surface area (Å²) in [6.07, 6.45) is 0.152. The highest BCUT2D eigenvalue weighted by atomic mass is 35.5. The minimum absolute atomic E-state index is 0.152. The van der Waals surface area contributed by atoms with Crippen molar-refractivity contribution in [3.8, 4) is 5.69 Å². The number of nitrogens with two attached hydrogens (primary N) is 1. The summed E-state index contributed by atoms with van der Waals surface area (Å²) in [6.45, 7) is 7.51. The molecule has 2 heterocycles. The van der Waals surface area contributed by atoms with Crippen LogP contribution in [-0.4, -0.2) is 21.6 Å². The molecule has 8 heteroatoms. The summed E-state index contributed by atoms with van der Waals surface area (Å²) in [6, 6.07) is 7.35. The SMILES string of the molecule is Cc1nn(-c2ccc(Cl)cc2)c(C)c1CC(=O)Nc1sc(C)c(C)c1C(N)=O. The number of amides is 2. The van der Waals surface area contributed by atoms with Crippen LogP contribution in [0, 0.1) is 27.7 Å². The largest absolute Gasteiger partial charge is 0.365 e. The Hall–Kier alpha value is -2.64. The van der Waals surface area contributed by atoms with Crippen molar-refractivity contribution in [3.05, 3.63) is 62.2 Å². The molecule has 0 bridgehead atoms. The number of carbonyl (C=O) groups is 2. The van der Waals surface area contributed by atoms with Crippen LogP contribution in [0.5, 0.6) is 0 Å². The smallest absolute Gasteiger partial charge is 0.251 e. The Balaban J connectivity index is 1.85. The van der Waals surface area contributed by atoms with E-state index in [1.165, 1.54) is 11.3 Å². The van der Waals surface area contributed by atoms with Gasteiger partial charge in [0.1, 0.15) is 5.00 Å². The van der Waals surface area contributed by atoms with Gasteiger partial charge in [-0.1, -0.05) is 11.6 Å². The van der Waals surface area contributed by atoms with Crippen molar-refractivity contribution in [3.63, 3.8) is 0 Å². The van der Waals surface area contributed by atoms with Crippen molar-refractivity contribution in [1.82, 2.24) is 9.78 Å². The van der Waals surface area contributed by atoms with Gasteiger partial charge in [-0.2, -0.15) is 5.10 Å². The molecule has 6 nitrogen and oxygen atoms in total. The minimum Gasteiger partial charge on any atom is -0.365 e. The van der Waals surface area contributed by atoms with Gasteiger partial charge in [-0.15, -0.1) is 11.3 Å². The molecule has 28 heavy (non-hydrogen) atoms. The Morgan fingerprint density at radius 2 is 1.82 bits per heavy atom. The molecule has 0 saturated heterocycles. The molecule has 3 N–H and O–H groups in total. The zero-order chi connectivity index (χ0) is 20.6. The van der Waals surface area contributed by atoms with Crippen molar-refractivity contribution in [1.29, 1.82) is 0 Å². The highest BCUT2D eigenvalue weighted by molar-refractivity contribution is 7.16. The second-order valence-electron chi connectivity index (χ2n) is 6.61. The van der Waals surface area contributed by atoms with Crippen molar-refractivity contribution in [2.75, 3.05) is 5.32 Å². The van der Waals surface area contributed by atoms with E-state index in [0.717, 1.165) is 33.1 Å². The molecule has 0 radical (unpaired) electrons. The molecule has 0 aliphatic carbocycles. The number of hydrogen-bond donors (Lipinski definition) is 2. The predicted octanol–water partition coefficient (Wildman–Crippen LogP) is 4.10. The number of aryl methyl sites for hydroxylation is 2. The van der Waals surface area contributed by atoms with Crippen LogP contribution in [0.1, 0.15) is 37.7 Å². The summed E-state index contributed by atoms with van der Waals surface area (Å²) in [5, 5.41) is 8.54. The lowest BCUT2D eigenvalue weighted by atomic mass is 10.1. The van der Waals surface area contributed by atoms with Crippen LogP contribution >= 0.6 is 22.9 Å². The Bertz CT molecular complexity index is 1070. The normalized spacial score (nSPS) is 10.9. The van der Waals surface area contributed by atoms with Crippen LogP contribution in [0.4, 0.5) is 5.00 Å². The summed E-state index contributed by atoms with van der Waals surface area (Å²) in [4.78, 5) is 25.4. The molecule has 0 saturated carbocycles. The fraction of sp³-hybridized carbons (Fsp3) is 0.250. The molecule has 0 unspecified atom stereocenters. The summed E-state index contributed by atoms with van der Waals surface area (Å²) < 4.78 is 1.79. The van der Waals surface area contributed by atoms with Crippen LogP contribution in [0.2, 0.25) is 5.02 Å². The Morgan fingerprint density at radius 1 is 1.18 bits per heavy atom. The van der Waals surface area contributed by atoms with E-state index in [9.17, 15) is 9.59 Å². The van der Waals surface area contributed by atoms with Crippen molar-refractivity contribution in [2.45, 2.75) is 34.1 Å². The third-order valence-corrected chi connectivity index (χ3v) is 6.11. The molecule has 3 aromatic rings. The van der Waals surface area contributed by atoms with Crippen LogP contribution in [0.25, 0.3) is 5.69 Å². The topological polar surface area (TPSA) is 90.0 Å². The van der Waals surface area contributed by atoms with E-state index in [4.69, 9.17) is 17.3 Å². The second kappa shape index (κ2) is 7.77. The van der Waals surface area contributed by atoms with Crippen molar-refractivity contribution < 1.29 is 9.59 Å². The first kappa shape index (κ1) is 20.1. The van der Waals surface area contributed by atoms with Gasteiger partial charge in [0, 0.05) is 21.2 Å². The molecule has 3 rings (SSSR count). The molecule has 0 aliphatic rings. The van der Waals surface area contributed by atoms with Gasteiger partial charge in [-0.05, 0) is 57.5 Å². The number of aromatic nitrogens is 2. The van der Waals surface area contributed by atoms with E-state index in [1.807, 2.05) is 39.8 Å². The molecule has 2 aromatic heterocycles. The molecular weight excluding hydrogens is 396 g/mol. The lowest BCUT2D eigenvalue weighted by molar-refractivity contribution is -0.115. The quantitative estimate of drug-likeness (QED) is 0.656. The molecular formula is C20H21ClN4O2S. The highest BCUT2D eigenvalue weighted by Gasteiger charge is 2.21. The number of carbonyl (C=O) groups excluding carboxylic acids is 2. The molecule has 0 spiro atoms. The Labute approximate surface area is 172 Å². The maximum Gasteiger partial charge on any atom is 0.251 e. The van der Waals surface area contributed by atoms with Crippen molar-refractivity contribution in [2.24, 2.45) is 5.73 Å². The number of rotatable bonds is 5. The van der Waals surface area contributed by atoms with Crippen molar-refractivity contribution >= 4 is 39.8 Å². The van der Waals surface area contributed by atoms with E-state index >= 15 is 0 Å². The number of primary amides is 1. The van der Waals surface area contributed by atoms with E-state index in [1.54, 1.807) is 16.8 Å². The van der Waals surface area contributed by atoms with E-state index in [-0.39, 0.29) is 12.3 Å². The maximum absolute atomic E-state index is 12.7. The predicted molar refractivity (Wildman–Crippen MR) is 113 cm³/mol. The molecule has 146 valence electrons. The first-order chi connectivity index (χ1) is 13.2. The van der Waals surface area contributed by atoms with Gasteiger partial charge in [0.25, 0.3) is 5.91 Å². The van der Waals surface area contributed by atoms with Crippen LogP contribution in [0.15, 0.2) is 24.3 Å². The number of nitrogens with zero attached hydrogens (tertiary/aromatic N) is 2. The molecule has 0 aliphatic heterocycles. The first-order valence-electron chi connectivity index (χ1n) is 8.69. The van der Waals surface area contributed by atoms with Gasteiger partial charge >= 0.3 is 0 Å². The highest BCUT2D eigenvalue weighted by Crippen LogP contribution is 2.32. The van der Waals surface area contributed by atoms with E-state index < -0.39 is 5.91 Å². The average molecular weight is 417 g/mol. The van der Waals surface area contributed by atoms with Gasteiger partial charge < -0.3 is 11.1 Å². The maximum atomic E-state index is 12.7. The van der Waals surface area contributed by atoms with Crippen LogP contribution < -0.4 is 11.1 Å². The zero-order valence-electron chi connectivity index (χ0n) is 16.1. The van der Waals surface area contributed by atoms with Gasteiger partial charge in [-0.25, -0.2) is 4.68 Å². The lowest BCUT2D eigenvalue weighted by Gasteiger charge is -2.07. The summed E-state index contributed by atoms with van der Waals surface area (Å²) >= 11 is 7.31. The van der Waals surface area contributed by atoms with Gasteiger partial charge in [-0.3, -0.25) is 9.59 Å². The van der Waals surface area contributed by atoms with Crippen LogP contribution in [-0.2, 0) is 11.2 Å². The first-order valence-corrected chi connectivity index (χ1v) is 9.89. The van der Waals surface area contributed by atoms with Gasteiger partial charge in [0.2, 0.25) is 5.91 Å². The molecule has 2 amide bonds. The second-order valence-corrected chi connectivity index (χ2v) is 8.28. The Morgan fingerprint density at radius 3 is 2.43 bits per heavy atom. The lowest BCUT2D eigenvalue weighted by Crippen LogP contribution is -2.19. The number of anilines is 1. The van der Waals surface area contributed by atoms with E-state index in [2.05, 4.69) is 10.4 Å². The monoisotopic (exact) mass is 416 g/mol. The Kier molecular flexibility index (Phi) is 5.58. The summed E-state index contributed by atoms with van der Waals surface area (Å²) in [7, 11) is 0. The molecule has 0 fully saturated rings. The van der Waals surface area contributed by atoms with Crippen LogP contribution in [0.3, 0.4) is 0 Å². The number of benzene rings is 1. The fourth-order valence-corrected chi connectivity index (χ4v) is 4.32. The zero-order valence-corrected chi connectivity index (χ0v) is 17.7. The van der Waals surface area contributed by atoms with Gasteiger partial charge in [0.05, 0.1) is 23.4 Å². The third-order valence-electron chi connectivity index (χ3n) is 4.73. The third kappa shape index (κ3) is 3.81. The van der Waals surface area contributed by atoms with E-state index in [0.29, 0.717) is 15.6 Å². The molecule has 1 aromatic carbocycles. The summed E-state index contributed by atoms with van der Waals surface area (Å²) in [5.74, 6) is -0.759. The number of halogens is 1. The number of thiophene rings is 1. The summed E-state index contributed by atoms with van der Waals surface area (Å²) in [5.41, 5.74) is 10.0. The number of hydrogen-bond acceptors (Lipinski definition) is 4. The average Bonchev–Trinajstić information content (AvgIpc) is 3.06.